The molecule has 0 saturated heterocycles. The summed E-state index contributed by atoms with van der Waals surface area (Å²) in [7, 11) is 0. The van der Waals surface area contributed by atoms with Crippen LogP contribution in [0, 0.1) is 0 Å². The second kappa shape index (κ2) is 4.72. The van der Waals surface area contributed by atoms with Crippen molar-refractivity contribution < 1.29 is 9.90 Å². The van der Waals surface area contributed by atoms with Crippen LogP contribution < -0.4 is 0 Å². The van der Waals surface area contributed by atoms with Crippen molar-refractivity contribution in [3.63, 3.8) is 0 Å². The number of hydrogen-bond acceptors (Lipinski definition) is 1. The van der Waals surface area contributed by atoms with E-state index in [1.165, 1.54) is 5.57 Å². The summed E-state index contributed by atoms with van der Waals surface area (Å²) in [6.07, 6.45) is 4.43. The van der Waals surface area contributed by atoms with E-state index >= 15 is 0 Å². The number of allylic oxidation sites excluding steroid dienone is 3. The molecule has 0 aliphatic carbocycles. The van der Waals surface area contributed by atoms with Gasteiger partial charge in [-0.15, -0.1) is 0 Å². The zero-order valence-corrected chi connectivity index (χ0v) is 7.22. The van der Waals surface area contributed by atoms with E-state index in [2.05, 4.69) is 0 Å². The van der Waals surface area contributed by atoms with Crippen molar-refractivity contribution in [2.24, 2.45) is 0 Å². The lowest BCUT2D eigenvalue weighted by Crippen LogP contribution is -1.95. The van der Waals surface area contributed by atoms with Gasteiger partial charge in [0.2, 0.25) is 0 Å². The number of hydrogen-bond donors (Lipinski definition) is 1. The van der Waals surface area contributed by atoms with Crippen LogP contribution in [0.3, 0.4) is 0 Å². The highest BCUT2D eigenvalue weighted by molar-refractivity contribution is 5.85. The molecule has 0 bridgehead atoms. The van der Waals surface area contributed by atoms with Crippen LogP contribution in [0.15, 0.2) is 23.3 Å². The van der Waals surface area contributed by atoms with Gasteiger partial charge in [-0.25, -0.2) is 4.79 Å². The molecule has 0 spiro atoms. The summed E-state index contributed by atoms with van der Waals surface area (Å²) in [6.45, 7) is 5.52. The van der Waals surface area contributed by atoms with E-state index in [9.17, 15) is 4.79 Å². The molecule has 0 aromatic carbocycles. The second-order valence-electron chi connectivity index (χ2n) is 2.53. The molecule has 0 aromatic rings. The lowest BCUT2D eigenvalue weighted by atomic mass is 10.1. The number of carboxylic acid groups (broad SMARTS) is 1. The third kappa shape index (κ3) is 4.37. The van der Waals surface area contributed by atoms with Gasteiger partial charge in [-0.05, 0) is 27.2 Å². The lowest BCUT2D eigenvalue weighted by Gasteiger charge is -1.94. The summed E-state index contributed by atoms with van der Waals surface area (Å²) >= 11 is 0. The van der Waals surface area contributed by atoms with E-state index in [-0.39, 0.29) is 0 Å². The van der Waals surface area contributed by atoms with Crippen molar-refractivity contribution in [1.29, 1.82) is 0 Å². The Morgan fingerprint density at radius 3 is 2.36 bits per heavy atom. The molecule has 1 N–H and O–H groups in total. The SMILES string of the molecule is CC=C(C)CC=C(C)C(=O)O. The maximum atomic E-state index is 10.3. The number of aliphatic carboxylic acids is 1. The molecule has 0 saturated carbocycles. The average molecular weight is 154 g/mol. The van der Waals surface area contributed by atoms with Gasteiger partial charge in [0, 0.05) is 5.57 Å². The molecule has 11 heavy (non-hydrogen) atoms. The molecule has 0 heterocycles. The van der Waals surface area contributed by atoms with Gasteiger partial charge in [0.15, 0.2) is 0 Å². The monoisotopic (exact) mass is 154 g/mol. The Morgan fingerprint density at radius 2 is 2.00 bits per heavy atom. The molecule has 0 amide bonds. The van der Waals surface area contributed by atoms with Crippen LogP contribution >= 0.6 is 0 Å². The zero-order valence-electron chi connectivity index (χ0n) is 7.22. The molecule has 0 aliphatic rings. The van der Waals surface area contributed by atoms with Crippen molar-refractivity contribution in [1.82, 2.24) is 0 Å². The highest BCUT2D eigenvalue weighted by atomic mass is 16.4. The minimum absolute atomic E-state index is 0.409. The van der Waals surface area contributed by atoms with Crippen molar-refractivity contribution in [3.8, 4) is 0 Å². The van der Waals surface area contributed by atoms with Crippen LogP contribution in [0.5, 0.6) is 0 Å². The van der Waals surface area contributed by atoms with Crippen molar-refractivity contribution in [2.75, 3.05) is 0 Å². The highest BCUT2D eigenvalue weighted by Crippen LogP contribution is 2.03. The Balaban J connectivity index is 4.03. The first kappa shape index (κ1) is 9.95. The molecule has 2 nitrogen and oxygen atoms in total. The lowest BCUT2D eigenvalue weighted by molar-refractivity contribution is -0.132. The molecule has 0 aromatic heterocycles. The van der Waals surface area contributed by atoms with Crippen LogP contribution in [0.4, 0.5) is 0 Å². The van der Waals surface area contributed by atoms with E-state index < -0.39 is 5.97 Å². The van der Waals surface area contributed by atoms with Gasteiger partial charge >= 0.3 is 5.97 Å². The minimum Gasteiger partial charge on any atom is -0.478 e. The third-order valence-corrected chi connectivity index (χ3v) is 1.56. The summed E-state index contributed by atoms with van der Waals surface area (Å²) in [5.41, 5.74) is 1.59. The largest absolute Gasteiger partial charge is 0.478 e. The quantitative estimate of drug-likeness (QED) is 0.500. The van der Waals surface area contributed by atoms with E-state index in [1.807, 2.05) is 19.9 Å². The molecule has 0 rings (SSSR count). The maximum absolute atomic E-state index is 10.3. The molecular formula is C9H14O2. The first-order valence-corrected chi connectivity index (χ1v) is 3.59. The van der Waals surface area contributed by atoms with E-state index in [1.54, 1.807) is 13.0 Å². The summed E-state index contributed by atoms with van der Waals surface area (Å²) < 4.78 is 0. The van der Waals surface area contributed by atoms with Crippen molar-refractivity contribution >= 4 is 5.97 Å². The van der Waals surface area contributed by atoms with Crippen LogP contribution in [-0.2, 0) is 4.79 Å². The predicted octanol–water partition coefficient (Wildman–Crippen LogP) is 2.37. The fraction of sp³-hybridized carbons (Fsp3) is 0.444. The first-order chi connectivity index (χ1) is 5.07. The Labute approximate surface area is 67.2 Å². The predicted molar refractivity (Wildman–Crippen MR) is 45.4 cm³/mol. The fourth-order valence-corrected chi connectivity index (χ4v) is 0.519. The van der Waals surface area contributed by atoms with Crippen LogP contribution in [0.1, 0.15) is 27.2 Å². The molecule has 0 unspecified atom stereocenters. The standard InChI is InChI=1S/C9H14O2/c1-4-7(2)5-6-8(3)9(10)11/h4,6H,5H2,1-3H3,(H,10,11). The van der Waals surface area contributed by atoms with Gasteiger partial charge in [-0.1, -0.05) is 17.7 Å². The Kier molecular flexibility index (Phi) is 4.27. The second-order valence-corrected chi connectivity index (χ2v) is 2.53. The number of carboxylic acids is 1. The third-order valence-electron chi connectivity index (χ3n) is 1.56. The van der Waals surface area contributed by atoms with E-state index in [0.29, 0.717) is 5.57 Å². The van der Waals surface area contributed by atoms with Gasteiger partial charge in [-0.3, -0.25) is 0 Å². The summed E-state index contributed by atoms with van der Waals surface area (Å²) in [6, 6.07) is 0. The van der Waals surface area contributed by atoms with Gasteiger partial charge in [0.05, 0.1) is 0 Å². The molecule has 0 atom stereocenters. The van der Waals surface area contributed by atoms with Gasteiger partial charge in [0.1, 0.15) is 0 Å². The van der Waals surface area contributed by atoms with Crippen LogP contribution in [0.2, 0.25) is 0 Å². The van der Waals surface area contributed by atoms with E-state index in [0.717, 1.165) is 6.42 Å². The Hall–Kier alpha value is -1.05. The van der Waals surface area contributed by atoms with Gasteiger partial charge in [0.25, 0.3) is 0 Å². The number of rotatable bonds is 3. The topological polar surface area (TPSA) is 37.3 Å². The van der Waals surface area contributed by atoms with Crippen molar-refractivity contribution in [3.05, 3.63) is 23.3 Å². The zero-order chi connectivity index (χ0) is 8.85. The minimum atomic E-state index is -0.839. The van der Waals surface area contributed by atoms with E-state index in [4.69, 9.17) is 5.11 Å². The molecule has 0 fully saturated rings. The van der Waals surface area contributed by atoms with Crippen LogP contribution in [0.25, 0.3) is 0 Å². The summed E-state index contributed by atoms with van der Waals surface area (Å²) in [4.78, 5) is 10.3. The normalized spacial score (nSPS) is 13.4. The summed E-state index contributed by atoms with van der Waals surface area (Å²) in [5.74, 6) is -0.839. The van der Waals surface area contributed by atoms with Crippen molar-refractivity contribution in [2.45, 2.75) is 27.2 Å². The molecular weight excluding hydrogens is 140 g/mol. The first-order valence-electron chi connectivity index (χ1n) is 3.59. The molecule has 0 aliphatic heterocycles. The number of carbonyl (C=O) groups is 1. The molecule has 0 radical (unpaired) electrons. The molecule has 2 heteroatoms. The van der Waals surface area contributed by atoms with Gasteiger partial charge in [-0.2, -0.15) is 0 Å². The summed E-state index contributed by atoms with van der Waals surface area (Å²) in [5, 5.41) is 8.48. The Bertz CT molecular complexity index is 200. The maximum Gasteiger partial charge on any atom is 0.330 e. The van der Waals surface area contributed by atoms with Gasteiger partial charge < -0.3 is 5.11 Å². The van der Waals surface area contributed by atoms with Crippen LogP contribution in [-0.4, -0.2) is 11.1 Å². The molecule has 62 valence electrons. The Morgan fingerprint density at radius 1 is 1.45 bits per heavy atom. The smallest absolute Gasteiger partial charge is 0.330 e. The highest BCUT2D eigenvalue weighted by Gasteiger charge is 1.97. The average Bonchev–Trinajstić information content (AvgIpc) is 1.99. The fourth-order valence-electron chi connectivity index (χ4n) is 0.519.